The highest BCUT2D eigenvalue weighted by atomic mass is 16.6. The van der Waals surface area contributed by atoms with Gasteiger partial charge in [0, 0.05) is 6.54 Å². The number of carbonyl (C=O) groups is 2. The van der Waals surface area contributed by atoms with Crippen molar-refractivity contribution in [1.82, 2.24) is 4.90 Å². The molecule has 140 valence electrons. The molecule has 0 fully saturated rings. The summed E-state index contributed by atoms with van der Waals surface area (Å²) in [4.78, 5) is 29.3. The molecule has 0 spiro atoms. The molecule has 0 aliphatic heterocycles. The highest BCUT2D eigenvalue weighted by Gasteiger charge is 2.33. The van der Waals surface area contributed by atoms with Gasteiger partial charge in [0.1, 0.15) is 11.2 Å². The topological polar surface area (TPSA) is 120 Å². The standard InChI is InChI=1S/C16H32N4O4/c1-15(2,3)23-13(21)20(14(22)24-16(4,5)6)12(18)19-11-9-7-8-10-17/h7-11,17H2,1-6H3,(H2,18,19). The largest absolute Gasteiger partial charge is 0.443 e. The van der Waals surface area contributed by atoms with Gasteiger partial charge in [-0.1, -0.05) is 6.42 Å². The zero-order chi connectivity index (χ0) is 19.0. The van der Waals surface area contributed by atoms with E-state index in [1.807, 2.05) is 0 Å². The lowest BCUT2D eigenvalue weighted by atomic mass is 10.2. The van der Waals surface area contributed by atoms with Crippen molar-refractivity contribution in [2.75, 3.05) is 13.1 Å². The first-order valence-electron chi connectivity index (χ1n) is 8.13. The number of nitrogens with two attached hydrogens (primary N) is 2. The van der Waals surface area contributed by atoms with Gasteiger partial charge in [0.2, 0.25) is 5.96 Å². The van der Waals surface area contributed by atoms with Crippen molar-refractivity contribution in [1.29, 1.82) is 0 Å². The van der Waals surface area contributed by atoms with Crippen LogP contribution in [0, 0.1) is 0 Å². The van der Waals surface area contributed by atoms with Gasteiger partial charge in [-0.25, -0.2) is 9.59 Å². The molecule has 2 amide bonds. The van der Waals surface area contributed by atoms with Gasteiger partial charge in [-0.05, 0) is 60.9 Å². The lowest BCUT2D eigenvalue weighted by Gasteiger charge is -2.27. The zero-order valence-corrected chi connectivity index (χ0v) is 15.7. The molecule has 0 aromatic heterocycles. The van der Waals surface area contributed by atoms with Crippen LogP contribution >= 0.6 is 0 Å². The summed E-state index contributed by atoms with van der Waals surface area (Å²) in [6.07, 6.45) is 0.706. The number of hydrogen-bond acceptors (Lipinski definition) is 6. The highest BCUT2D eigenvalue weighted by molar-refractivity contribution is 6.07. The van der Waals surface area contributed by atoms with Crippen LogP contribution < -0.4 is 11.5 Å². The van der Waals surface area contributed by atoms with Crippen LogP contribution in [0.2, 0.25) is 0 Å². The average Bonchev–Trinajstić information content (AvgIpc) is 2.34. The second-order valence-corrected chi connectivity index (χ2v) is 7.39. The number of amides is 2. The Morgan fingerprint density at radius 2 is 1.38 bits per heavy atom. The maximum Gasteiger partial charge on any atom is 0.427 e. The molecule has 0 aliphatic carbocycles. The molecule has 0 rings (SSSR count). The third-order valence-corrected chi connectivity index (χ3v) is 2.52. The Kier molecular flexibility index (Phi) is 8.74. The van der Waals surface area contributed by atoms with Crippen LogP contribution in [-0.2, 0) is 9.47 Å². The number of carbonyl (C=O) groups excluding carboxylic acids is 2. The van der Waals surface area contributed by atoms with Gasteiger partial charge in [-0.3, -0.25) is 4.99 Å². The predicted octanol–water partition coefficient (Wildman–Crippen LogP) is 2.60. The summed E-state index contributed by atoms with van der Waals surface area (Å²) in [6.45, 7) is 11.2. The second-order valence-electron chi connectivity index (χ2n) is 7.39. The first-order chi connectivity index (χ1) is 10.9. The molecule has 0 aliphatic rings. The van der Waals surface area contributed by atoms with Gasteiger partial charge in [0.15, 0.2) is 0 Å². The molecule has 0 radical (unpaired) electrons. The SMILES string of the molecule is CC(C)(C)OC(=O)N(C(=O)OC(C)(C)C)C(N)=NCCCCCN. The van der Waals surface area contributed by atoms with Gasteiger partial charge >= 0.3 is 12.2 Å². The van der Waals surface area contributed by atoms with Crippen molar-refractivity contribution in [2.45, 2.75) is 72.0 Å². The Balaban J connectivity index is 5.13. The summed E-state index contributed by atoms with van der Waals surface area (Å²) >= 11 is 0. The van der Waals surface area contributed by atoms with Crippen molar-refractivity contribution in [2.24, 2.45) is 16.5 Å². The molecule has 0 unspecified atom stereocenters. The fraction of sp³-hybridized carbons (Fsp3) is 0.812. The Bertz CT molecular complexity index is 422. The summed E-state index contributed by atoms with van der Waals surface area (Å²) in [5, 5.41) is 0. The first kappa shape index (κ1) is 22.2. The third kappa shape index (κ3) is 10.0. The van der Waals surface area contributed by atoms with Crippen LogP contribution in [0.15, 0.2) is 4.99 Å². The average molecular weight is 344 g/mol. The summed E-state index contributed by atoms with van der Waals surface area (Å²) in [6, 6.07) is 0. The number of unbranched alkanes of at least 4 members (excludes halogenated alkanes) is 2. The lowest BCUT2D eigenvalue weighted by molar-refractivity contribution is 0.0145. The number of hydrogen-bond donors (Lipinski definition) is 2. The molecule has 0 heterocycles. The summed E-state index contributed by atoms with van der Waals surface area (Å²) in [7, 11) is 0. The van der Waals surface area contributed by atoms with Crippen LogP contribution in [0.1, 0.15) is 60.8 Å². The van der Waals surface area contributed by atoms with Crippen LogP contribution in [-0.4, -0.2) is 47.3 Å². The number of nitrogens with zero attached hydrogens (tertiary/aromatic N) is 2. The zero-order valence-electron chi connectivity index (χ0n) is 15.7. The number of imide groups is 1. The van der Waals surface area contributed by atoms with Gasteiger partial charge in [-0.2, -0.15) is 0 Å². The van der Waals surface area contributed by atoms with E-state index < -0.39 is 23.4 Å². The quantitative estimate of drug-likeness (QED) is 0.449. The van der Waals surface area contributed by atoms with E-state index in [1.165, 1.54) is 0 Å². The van der Waals surface area contributed by atoms with Crippen LogP contribution in [0.3, 0.4) is 0 Å². The summed E-state index contributed by atoms with van der Waals surface area (Å²) < 4.78 is 10.4. The van der Waals surface area contributed by atoms with E-state index in [4.69, 9.17) is 20.9 Å². The van der Waals surface area contributed by atoms with Crippen LogP contribution in [0.25, 0.3) is 0 Å². The van der Waals surface area contributed by atoms with E-state index in [2.05, 4.69) is 4.99 Å². The highest BCUT2D eigenvalue weighted by Crippen LogP contribution is 2.14. The number of guanidine groups is 1. The van der Waals surface area contributed by atoms with Crippen LogP contribution in [0.4, 0.5) is 9.59 Å². The van der Waals surface area contributed by atoms with E-state index >= 15 is 0 Å². The first-order valence-corrected chi connectivity index (χ1v) is 8.13. The number of ether oxygens (including phenoxy) is 2. The van der Waals surface area contributed by atoms with E-state index in [9.17, 15) is 9.59 Å². The van der Waals surface area contributed by atoms with Gasteiger partial charge < -0.3 is 20.9 Å². The Labute approximate surface area is 144 Å². The van der Waals surface area contributed by atoms with Crippen molar-refractivity contribution in [3.05, 3.63) is 0 Å². The number of aliphatic imine (C=N–C) groups is 1. The third-order valence-electron chi connectivity index (χ3n) is 2.52. The Morgan fingerprint density at radius 1 is 0.917 bits per heavy atom. The molecular formula is C16H32N4O4. The van der Waals surface area contributed by atoms with Crippen molar-refractivity contribution in [3.8, 4) is 0 Å². The Hall–Kier alpha value is -1.83. The molecule has 0 aromatic rings. The molecule has 0 saturated carbocycles. The maximum absolute atomic E-state index is 12.3. The molecule has 8 heteroatoms. The molecule has 0 bridgehead atoms. The van der Waals surface area contributed by atoms with Gasteiger partial charge in [0.25, 0.3) is 0 Å². The molecule has 24 heavy (non-hydrogen) atoms. The van der Waals surface area contributed by atoms with E-state index in [1.54, 1.807) is 41.5 Å². The fourth-order valence-corrected chi connectivity index (χ4v) is 1.57. The molecule has 0 saturated heterocycles. The molecule has 8 nitrogen and oxygen atoms in total. The molecule has 0 atom stereocenters. The molecule has 0 aromatic carbocycles. The van der Waals surface area contributed by atoms with E-state index in [-0.39, 0.29) is 5.96 Å². The Morgan fingerprint density at radius 3 is 1.75 bits per heavy atom. The maximum atomic E-state index is 12.3. The summed E-state index contributed by atoms with van der Waals surface area (Å²) in [5.74, 6) is -0.244. The van der Waals surface area contributed by atoms with Crippen molar-refractivity contribution in [3.63, 3.8) is 0 Å². The normalized spacial score (nSPS) is 12.7. The lowest BCUT2D eigenvalue weighted by Crippen LogP contribution is -2.50. The van der Waals surface area contributed by atoms with Gasteiger partial charge in [0.05, 0.1) is 0 Å². The van der Waals surface area contributed by atoms with E-state index in [0.29, 0.717) is 18.0 Å². The molecule has 4 N–H and O–H groups in total. The van der Waals surface area contributed by atoms with Crippen LogP contribution in [0.5, 0.6) is 0 Å². The minimum Gasteiger partial charge on any atom is -0.443 e. The predicted molar refractivity (Wildman–Crippen MR) is 93.7 cm³/mol. The fourth-order valence-electron chi connectivity index (χ4n) is 1.57. The minimum atomic E-state index is -0.917. The monoisotopic (exact) mass is 344 g/mol. The number of rotatable bonds is 5. The van der Waals surface area contributed by atoms with E-state index in [0.717, 1.165) is 19.3 Å². The van der Waals surface area contributed by atoms with Crippen molar-refractivity contribution >= 4 is 18.1 Å². The van der Waals surface area contributed by atoms with Gasteiger partial charge in [-0.15, -0.1) is 4.90 Å². The minimum absolute atomic E-state index is 0.244. The second kappa shape index (κ2) is 9.46. The summed E-state index contributed by atoms with van der Waals surface area (Å²) in [5.41, 5.74) is 9.69. The van der Waals surface area contributed by atoms with Crippen molar-refractivity contribution < 1.29 is 19.1 Å². The molecular weight excluding hydrogens is 312 g/mol. The smallest absolute Gasteiger partial charge is 0.427 e.